The van der Waals surface area contributed by atoms with Crippen LogP contribution in [0.1, 0.15) is 29.7 Å². The monoisotopic (exact) mass is 362 g/mol. The molecular formula is C13H10F4N4O4. The molecule has 134 valence electrons. The van der Waals surface area contributed by atoms with Crippen molar-refractivity contribution in [2.75, 3.05) is 0 Å². The Morgan fingerprint density at radius 3 is 2.80 bits per heavy atom. The third-order valence-electron chi connectivity index (χ3n) is 3.64. The standard InChI is InChI=1S/C13H10F4N4O4/c14-9-6(3-4-18-10(9)13(15,16)17)5-20-11(22)21-7(19-20)1-2-8(21)25-12(23)24/h3-4,8H,1-2,5H2,(H,23,24)/t8-/m0/s1. The second-order valence-electron chi connectivity index (χ2n) is 5.23. The number of carbonyl (C=O) groups is 1. The highest BCUT2D eigenvalue weighted by molar-refractivity contribution is 5.56. The second-order valence-corrected chi connectivity index (χ2v) is 5.23. The number of nitrogens with zero attached hydrogens (tertiary/aromatic N) is 4. The van der Waals surface area contributed by atoms with Gasteiger partial charge in [0.15, 0.2) is 17.7 Å². The highest BCUT2D eigenvalue weighted by atomic mass is 19.4. The summed E-state index contributed by atoms with van der Waals surface area (Å²) in [5, 5.41) is 12.5. The Labute approximate surface area is 136 Å². The van der Waals surface area contributed by atoms with Crippen molar-refractivity contribution < 1.29 is 32.2 Å². The Morgan fingerprint density at radius 2 is 2.16 bits per heavy atom. The lowest BCUT2D eigenvalue weighted by Gasteiger charge is -2.11. The second kappa shape index (κ2) is 5.86. The lowest BCUT2D eigenvalue weighted by molar-refractivity contribution is -0.143. The number of hydrogen-bond donors (Lipinski definition) is 1. The van der Waals surface area contributed by atoms with Crippen molar-refractivity contribution >= 4 is 6.16 Å². The van der Waals surface area contributed by atoms with E-state index in [1.807, 2.05) is 0 Å². The molecule has 0 aliphatic carbocycles. The summed E-state index contributed by atoms with van der Waals surface area (Å²) in [6, 6.07) is 1.01. The van der Waals surface area contributed by atoms with E-state index in [9.17, 15) is 27.2 Å². The summed E-state index contributed by atoms with van der Waals surface area (Å²) in [5.41, 5.74) is -2.91. The minimum atomic E-state index is -4.97. The van der Waals surface area contributed by atoms with Crippen LogP contribution in [0.4, 0.5) is 22.4 Å². The molecule has 0 spiro atoms. The van der Waals surface area contributed by atoms with E-state index in [4.69, 9.17) is 5.11 Å². The predicted octanol–water partition coefficient (Wildman–Crippen LogP) is 1.79. The molecule has 0 aromatic carbocycles. The molecule has 1 aliphatic heterocycles. The van der Waals surface area contributed by atoms with Crippen LogP contribution in [-0.4, -0.2) is 30.6 Å². The van der Waals surface area contributed by atoms with E-state index in [2.05, 4.69) is 14.8 Å². The summed E-state index contributed by atoms with van der Waals surface area (Å²) in [6.45, 7) is -0.559. The molecule has 8 nitrogen and oxygen atoms in total. The number of pyridine rings is 1. The van der Waals surface area contributed by atoms with Crippen LogP contribution in [0.2, 0.25) is 0 Å². The number of aromatic nitrogens is 4. The maximum absolute atomic E-state index is 14.0. The lowest BCUT2D eigenvalue weighted by Crippen LogP contribution is -2.29. The smallest absolute Gasteiger partial charge is 0.450 e. The Hall–Kier alpha value is -2.92. The number of rotatable bonds is 3. The van der Waals surface area contributed by atoms with Crippen molar-refractivity contribution in [2.45, 2.75) is 31.8 Å². The van der Waals surface area contributed by atoms with Crippen LogP contribution in [-0.2, 0) is 23.9 Å². The minimum Gasteiger partial charge on any atom is -0.450 e. The molecule has 3 rings (SSSR count). The Balaban J connectivity index is 1.94. The maximum atomic E-state index is 14.0. The van der Waals surface area contributed by atoms with E-state index in [1.165, 1.54) is 0 Å². The van der Waals surface area contributed by atoms with Crippen LogP contribution in [0.3, 0.4) is 0 Å². The van der Waals surface area contributed by atoms with Crippen LogP contribution in [0.15, 0.2) is 17.1 Å². The van der Waals surface area contributed by atoms with Crippen LogP contribution in [0, 0.1) is 5.82 Å². The molecule has 0 saturated heterocycles. The highest BCUT2D eigenvalue weighted by Gasteiger charge is 2.37. The van der Waals surface area contributed by atoms with Gasteiger partial charge in [0.25, 0.3) is 0 Å². The van der Waals surface area contributed by atoms with Crippen molar-refractivity contribution in [3.8, 4) is 0 Å². The van der Waals surface area contributed by atoms with Gasteiger partial charge in [-0.05, 0) is 6.07 Å². The van der Waals surface area contributed by atoms with Gasteiger partial charge in [0.2, 0.25) is 0 Å². The first-order chi connectivity index (χ1) is 11.7. The molecule has 1 N–H and O–H groups in total. The van der Waals surface area contributed by atoms with E-state index >= 15 is 0 Å². The topological polar surface area (TPSA) is 99.2 Å². The summed E-state index contributed by atoms with van der Waals surface area (Å²) < 4.78 is 58.4. The molecule has 12 heteroatoms. The van der Waals surface area contributed by atoms with Gasteiger partial charge in [0.1, 0.15) is 5.82 Å². The Morgan fingerprint density at radius 1 is 1.44 bits per heavy atom. The number of aryl methyl sites for hydroxylation is 1. The van der Waals surface area contributed by atoms with Crippen LogP contribution < -0.4 is 5.69 Å². The number of fused-ring (bicyclic) bond motifs is 1. The van der Waals surface area contributed by atoms with Crippen LogP contribution in [0.25, 0.3) is 0 Å². The zero-order chi connectivity index (χ0) is 18.4. The van der Waals surface area contributed by atoms with E-state index in [-0.39, 0.29) is 18.7 Å². The molecule has 0 radical (unpaired) electrons. The molecule has 1 atom stereocenters. The fourth-order valence-corrected chi connectivity index (χ4v) is 2.60. The van der Waals surface area contributed by atoms with Gasteiger partial charge < -0.3 is 9.84 Å². The third-order valence-corrected chi connectivity index (χ3v) is 3.64. The molecule has 2 aromatic heterocycles. The van der Waals surface area contributed by atoms with Gasteiger partial charge >= 0.3 is 18.0 Å². The van der Waals surface area contributed by atoms with Crippen LogP contribution in [0.5, 0.6) is 0 Å². The van der Waals surface area contributed by atoms with E-state index in [0.717, 1.165) is 21.5 Å². The molecule has 25 heavy (non-hydrogen) atoms. The fraction of sp³-hybridized carbons (Fsp3) is 0.385. The molecule has 0 fully saturated rings. The normalized spacial score (nSPS) is 16.7. The highest BCUT2D eigenvalue weighted by Crippen LogP contribution is 2.30. The number of carboxylic acid groups (broad SMARTS) is 1. The summed E-state index contributed by atoms with van der Waals surface area (Å²) in [5.74, 6) is -1.38. The van der Waals surface area contributed by atoms with Gasteiger partial charge in [-0.15, -0.1) is 0 Å². The van der Waals surface area contributed by atoms with Gasteiger partial charge in [-0.2, -0.15) is 18.3 Å². The van der Waals surface area contributed by atoms with Gasteiger partial charge in [-0.3, -0.25) is 0 Å². The van der Waals surface area contributed by atoms with Gasteiger partial charge in [-0.25, -0.2) is 28.2 Å². The first-order valence-electron chi connectivity index (χ1n) is 6.97. The van der Waals surface area contributed by atoms with E-state index in [0.29, 0.717) is 0 Å². The average molecular weight is 362 g/mol. The minimum absolute atomic E-state index is 0.210. The molecule has 0 unspecified atom stereocenters. The van der Waals surface area contributed by atoms with Crippen molar-refractivity contribution in [1.82, 2.24) is 19.3 Å². The van der Waals surface area contributed by atoms with Crippen molar-refractivity contribution in [3.05, 3.63) is 45.6 Å². The average Bonchev–Trinajstić information content (AvgIpc) is 3.01. The maximum Gasteiger partial charge on any atom is 0.507 e. The van der Waals surface area contributed by atoms with Crippen molar-refractivity contribution in [2.24, 2.45) is 0 Å². The number of ether oxygens (including phenoxy) is 1. The van der Waals surface area contributed by atoms with Gasteiger partial charge in [0.05, 0.1) is 6.54 Å². The molecule has 2 aromatic rings. The summed E-state index contributed by atoms with van der Waals surface area (Å²) >= 11 is 0. The molecular weight excluding hydrogens is 352 g/mol. The molecule has 0 saturated carbocycles. The summed E-state index contributed by atoms with van der Waals surface area (Å²) in [7, 11) is 0. The third kappa shape index (κ3) is 3.06. The number of alkyl halides is 3. The summed E-state index contributed by atoms with van der Waals surface area (Å²) in [6.07, 6.45) is -6.37. The van der Waals surface area contributed by atoms with Crippen molar-refractivity contribution in [1.29, 1.82) is 0 Å². The Kier molecular flexibility index (Phi) is 3.97. The van der Waals surface area contributed by atoms with Crippen molar-refractivity contribution in [3.63, 3.8) is 0 Å². The zero-order valence-electron chi connectivity index (χ0n) is 12.3. The molecule has 0 amide bonds. The molecule has 1 aliphatic rings. The quantitative estimate of drug-likeness (QED) is 0.660. The SMILES string of the molecule is O=C(O)O[C@H]1CCc2nn(Cc3ccnc(C(F)(F)F)c3F)c(=O)n21. The first kappa shape index (κ1) is 16.9. The van der Waals surface area contributed by atoms with Gasteiger partial charge in [0, 0.05) is 24.6 Å². The number of halogens is 4. The predicted molar refractivity (Wildman–Crippen MR) is 71.3 cm³/mol. The summed E-state index contributed by atoms with van der Waals surface area (Å²) in [4.78, 5) is 25.9. The fourth-order valence-electron chi connectivity index (χ4n) is 2.60. The largest absolute Gasteiger partial charge is 0.507 e. The van der Waals surface area contributed by atoms with Crippen LogP contribution >= 0.6 is 0 Å². The lowest BCUT2D eigenvalue weighted by atomic mass is 10.2. The van der Waals surface area contributed by atoms with E-state index < -0.39 is 47.9 Å². The Bertz CT molecular complexity index is 889. The number of hydrogen-bond acceptors (Lipinski definition) is 5. The zero-order valence-corrected chi connectivity index (χ0v) is 12.3. The van der Waals surface area contributed by atoms with Gasteiger partial charge in [-0.1, -0.05) is 0 Å². The first-order valence-corrected chi connectivity index (χ1v) is 6.97. The van der Waals surface area contributed by atoms with E-state index in [1.54, 1.807) is 0 Å². The molecule has 3 heterocycles. The molecule has 0 bridgehead atoms.